The van der Waals surface area contributed by atoms with Crippen LogP contribution < -0.4 is 5.56 Å². The molecule has 0 amide bonds. The molecule has 0 aliphatic heterocycles. The van der Waals surface area contributed by atoms with Crippen molar-refractivity contribution in [3.05, 3.63) is 101 Å². The number of rotatable bonds is 4. The lowest BCUT2D eigenvalue weighted by molar-refractivity contribution is 0.628. The highest BCUT2D eigenvalue weighted by atomic mass is 19.1. The molecule has 0 aliphatic carbocycles. The van der Waals surface area contributed by atoms with Gasteiger partial charge in [0.15, 0.2) is 5.65 Å². The summed E-state index contributed by atoms with van der Waals surface area (Å²) in [5, 5.41) is 4.94. The second-order valence-corrected chi connectivity index (χ2v) is 6.91. The average Bonchev–Trinajstić information content (AvgIpc) is 3.19. The fraction of sp³-hybridized carbons (Fsp3) is 0.0870. The molecule has 29 heavy (non-hydrogen) atoms. The minimum atomic E-state index is -0.292. The Hall–Kier alpha value is -3.80. The topological polar surface area (TPSA) is 52.2 Å². The summed E-state index contributed by atoms with van der Waals surface area (Å²) < 4.78 is 16.6. The zero-order chi connectivity index (χ0) is 19.8. The van der Waals surface area contributed by atoms with Crippen molar-refractivity contribution in [2.24, 2.45) is 0 Å². The fourth-order valence-corrected chi connectivity index (χ4v) is 3.56. The first kappa shape index (κ1) is 17.3. The summed E-state index contributed by atoms with van der Waals surface area (Å²) in [4.78, 5) is 17.4. The summed E-state index contributed by atoms with van der Waals surface area (Å²) in [7, 11) is 0. The van der Waals surface area contributed by atoms with Gasteiger partial charge in [-0.05, 0) is 35.7 Å². The normalized spacial score (nSPS) is 11.3. The SMILES string of the molecule is O=c1c2cnc3c(-c4ccc(F)cc4)cnn3c2ccn1CCc1ccccc1. The molecule has 5 nitrogen and oxygen atoms in total. The molecule has 5 rings (SSSR count). The van der Waals surface area contributed by atoms with Crippen LogP contribution in [0.25, 0.3) is 27.7 Å². The summed E-state index contributed by atoms with van der Waals surface area (Å²) in [6.07, 6.45) is 5.86. The molecule has 142 valence electrons. The van der Waals surface area contributed by atoms with Gasteiger partial charge in [-0.1, -0.05) is 42.5 Å². The van der Waals surface area contributed by atoms with E-state index in [1.54, 1.807) is 39.8 Å². The molecule has 0 bridgehead atoms. The van der Waals surface area contributed by atoms with E-state index < -0.39 is 0 Å². The lowest BCUT2D eigenvalue weighted by Crippen LogP contribution is -2.21. The Morgan fingerprint density at radius 1 is 0.931 bits per heavy atom. The maximum atomic E-state index is 13.2. The number of halogens is 1. The van der Waals surface area contributed by atoms with Gasteiger partial charge < -0.3 is 4.57 Å². The molecule has 0 saturated carbocycles. The molecule has 0 saturated heterocycles. The van der Waals surface area contributed by atoms with Crippen molar-refractivity contribution in [3.63, 3.8) is 0 Å². The van der Waals surface area contributed by atoms with Crippen LogP contribution in [-0.2, 0) is 13.0 Å². The summed E-state index contributed by atoms with van der Waals surface area (Å²) in [6.45, 7) is 0.594. The molecule has 0 unspecified atom stereocenters. The predicted molar refractivity (Wildman–Crippen MR) is 110 cm³/mol. The van der Waals surface area contributed by atoms with Gasteiger partial charge in [-0.25, -0.2) is 13.9 Å². The van der Waals surface area contributed by atoms with Gasteiger partial charge in [0.05, 0.1) is 17.1 Å². The van der Waals surface area contributed by atoms with Crippen LogP contribution in [0, 0.1) is 5.82 Å². The Morgan fingerprint density at radius 2 is 1.72 bits per heavy atom. The van der Waals surface area contributed by atoms with E-state index in [1.807, 2.05) is 24.3 Å². The number of pyridine rings is 1. The highest BCUT2D eigenvalue weighted by molar-refractivity contribution is 5.84. The monoisotopic (exact) mass is 384 g/mol. The minimum absolute atomic E-state index is 0.0911. The van der Waals surface area contributed by atoms with Crippen LogP contribution in [-0.4, -0.2) is 19.2 Å². The van der Waals surface area contributed by atoms with Crippen molar-refractivity contribution < 1.29 is 4.39 Å². The maximum Gasteiger partial charge on any atom is 0.261 e. The van der Waals surface area contributed by atoms with Crippen molar-refractivity contribution in [2.75, 3.05) is 0 Å². The maximum absolute atomic E-state index is 13.2. The number of hydrogen-bond donors (Lipinski definition) is 0. The van der Waals surface area contributed by atoms with Gasteiger partial charge in [-0.15, -0.1) is 0 Å². The molecular formula is C23H17FN4O. The molecule has 0 spiro atoms. The first-order valence-electron chi connectivity index (χ1n) is 9.36. The van der Waals surface area contributed by atoms with E-state index in [9.17, 15) is 9.18 Å². The zero-order valence-corrected chi connectivity index (χ0v) is 15.5. The molecule has 0 atom stereocenters. The standard InChI is InChI=1S/C23H17FN4O/c24-18-8-6-17(7-9-18)19-15-26-28-21-11-13-27(12-10-16-4-2-1-3-5-16)23(29)20(21)14-25-22(19)28/h1-9,11,13-15H,10,12H2. The predicted octanol–water partition coefficient (Wildman–Crippen LogP) is 4.09. The number of fused-ring (bicyclic) bond motifs is 3. The quantitative estimate of drug-likeness (QED) is 0.469. The smallest absolute Gasteiger partial charge is 0.261 e. The van der Waals surface area contributed by atoms with Crippen LogP contribution in [0.2, 0.25) is 0 Å². The van der Waals surface area contributed by atoms with E-state index in [1.165, 1.54) is 17.7 Å². The van der Waals surface area contributed by atoms with E-state index in [0.717, 1.165) is 17.5 Å². The lowest BCUT2D eigenvalue weighted by atomic mass is 10.1. The molecule has 5 aromatic rings. The Morgan fingerprint density at radius 3 is 2.52 bits per heavy atom. The zero-order valence-electron chi connectivity index (χ0n) is 15.5. The van der Waals surface area contributed by atoms with E-state index in [0.29, 0.717) is 23.1 Å². The third-order valence-corrected chi connectivity index (χ3v) is 5.11. The van der Waals surface area contributed by atoms with E-state index >= 15 is 0 Å². The van der Waals surface area contributed by atoms with Crippen LogP contribution in [0.5, 0.6) is 0 Å². The van der Waals surface area contributed by atoms with Gasteiger partial charge in [0.2, 0.25) is 0 Å². The number of aryl methyl sites for hydroxylation is 2. The molecule has 3 heterocycles. The van der Waals surface area contributed by atoms with Crippen molar-refractivity contribution >= 4 is 16.6 Å². The summed E-state index contributed by atoms with van der Waals surface area (Å²) in [5.41, 5.74) is 4.04. The third kappa shape index (κ3) is 3.08. The molecule has 0 radical (unpaired) electrons. The molecule has 0 fully saturated rings. The van der Waals surface area contributed by atoms with Crippen LogP contribution >= 0.6 is 0 Å². The second-order valence-electron chi connectivity index (χ2n) is 6.91. The van der Waals surface area contributed by atoms with Crippen LogP contribution in [0.4, 0.5) is 4.39 Å². The van der Waals surface area contributed by atoms with Crippen molar-refractivity contribution in [1.29, 1.82) is 0 Å². The van der Waals surface area contributed by atoms with Crippen LogP contribution in [0.3, 0.4) is 0 Å². The van der Waals surface area contributed by atoms with Gasteiger partial charge in [-0.3, -0.25) is 4.79 Å². The van der Waals surface area contributed by atoms with Crippen molar-refractivity contribution in [1.82, 2.24) is 19.2 Å². The number of nitrogens with zero attached hydrogens (tertiary/aromatic N) is 4. The fourth-order valence-electron chi connectivity index (χ4n) is 3.56. The summed E-state index contributed by atoms with van der Waals surface area (Å²) in [5.74, 6) is -0.292. The Bertz CT molecular complexity index is 1370. The van der Waals surface area contributed by atoms with Gasteiger partial charge >= 0.3 is 0 Å². The van der Waals surface area contributed by atoms with Crippen molar-refractivity contribution in [3.8, 4) is 11.1 Å². The highest BCUT2D eigenvalue weighted by Gasteiger charge is 2.13. The van der Waals surface area contributed by atoms with E-state index in [2.05, 4.69) is 22.2 Å². The molecule has 0 aliphatic rings. The highest BCUT2D eigenvalue weighted by Crippen LogP contribution is 2.25. The van der Waals surface area contributed by atoms with Gasteiger partial charge in [0, 0.05) is 24.5 Å². The molecule has 2 aromatic carbocycles. The van der Waals surface area contributed by atoms with E-state index in [-0.39, 0.29) is 11.4 Å². The first-order chi connectivity index (χ1) is 14.2. The number of hydrogen-bond acceptors (Lipinski definition) is 3. The lowest BCUT2D eigenvalue weighted by Gasteiger charge is -2.08. The largest absolute Gasteiger partial charge is 0.314 e. The number of benzene rings is 2. The molecule has 3 aromatic heterocycles. The molecule has 0 N–H and O–H groups in total. The Labute approximate surface area is 165 Å². The molecular weight excluding hydrogens is 367 g/mol. The van der Waals surface area contributed by atoms with E-state index in [4.69, 9.17) is 0 Å². The number of aromatic nitrogens is 4. The van der Waals surface area contributed by atoms with Crippen molar-refractivity contribution in [2.45, 2.75) is 13.0 Å². The Kier molecular flexibility index (Phi) is 4.17. The second kappa shape index (κ2) is 6.98. The summed E-state index contributed by atoms with van der Waals surface area (Å²) in [6, 6.07) is 18.2. The Balaban J connectivity index is 1.55. The van der Waals surface area contributed by atoms with Gasteiger partial charge in [0.1, 0.15) is 5.82 Å². The van der Waals surface area contributed by atoms with Gasteiger partial charge in [0.25, 0.3) is 5.56 Å². The molecule has 6 heteroatoms. The van der Waals surface area contributed by atoms with Gasteiger partial charge in [-0.2, -0.15) is 5.10 Å². The average molecular weight is 384 g/mol. The summed E-state index contributed by atoms with van der Waals surface area (Å²) >= 11 is 0. The van der Waals surface area contributed by atoms with Crippen LogP contribution in [0.1, 0.15) is 5.56 Å². The first-order valence-corrected chi connectivity index (χ1v) is 9.36. The minimum Gasteiger partial charge on any atom is -0.314 e. The third-order valence-electron chi connectivity index (χ3n) is 5.11. The van der Waals surface area contributed by atoms with Crippen LogP contribution in [0.15, 0.2) is 84.0 Å².